The second kappa shape index (κ2) is 6.10. The number of anilines is 3. The highest BCUT2D eigenvalue weighted by Crippen LogP contribution is 2.27. The summed E-state index contributed by atoms with van der Waals surface area (Å²) in [5, 5.41) is 3.21. The van der Waals surface area contributed by atoms with Gasteiger partial charge in [0, 0.05) is 44.0 Å². The summed E-state index contributed by atoms with van der Waals surface area (Å²) < 4.78 is 10.5. The Labute approximate surface area is 118 Å². The number of hydrogen-bond donors (Lipinski definition) is 1. The van der Waals surface area contributed by atoms with E-state index in [2.05, 4.69) is 15.3 Å². The van der Waals surface area contributed by atoms with Crippen LogP contribution < -0.4 is 19.7 Å². The van der Waals surface area contributed by atoms with Crippen molar-refractivity contribution in [3.63, 3.8) is 0 Å². The lowest BCUT2D eigenvalue weighted by atomic mass is 10.2. The van der Waals surface area contributed by atoms with E-state index >= 15 is 0 Å². The zero-order valence-corrected chi connectivity index (χ0v) is 12.0. The number of ether oxygens (including phenoxy) is 2. The molecule has 0 radical (unpaired) electrons. The summed E-state index contributed by atoms with van der Waals surface area (Å²) in [6, 6.07) is 7.43. The highest BCUT2D eigenvalue weighted by atomic mass is 16.5. The number of hydrogen-bond acceptors (Lipinski definition) is 6. The summed E-state index contributed by atoms with van der Waals surface area (Å²) in [4.78, 5) is 10.3. The van der Waals surface area contributed by atoms with E-state index in [4.69, 9.17) is 9.47 Å². The summed E-state index contributed by atoms with van der Waals surface area (Å²) in [5.74, 6) is 2.97. The second-order valence-electron chi connectivity index (χ2n) is 4.38. The minimum atomic E-state index is 0.707. The van der Waals surface area contributed by atoms with Gasteiger partial charge in [-0.2, -0.15) is 0 Å². The molecule has 0 fully saturated rings. The van der Waals surface area contributed by atoms with Crippen molar-refractivity contribution in [2.24, 2.45) is 0 Å². The van der Waals surface area contributed by atoms with Gasteiger partial charge in [0.2, 0.25) is 0 Å². The molecule has 0 bridgehead atoms. The van der Waals surface area contributed by atoms with Gasteiger partial charge in [0.15, 0.2) is 0 Å². The molecule has 1 N–H and O–H groups in total. The van der Waals surface area contributed by atoms with Crippen molar-refractivity contribution in [1.29, 1.82) is 0 Å². The molecular weight excluding hydrogens is 256 g/mol. The monoisotopic (exact) mass is 274 g/mol. The summed E-state index contributed by atoms with van der Waals surface area (Å²) in [6.45, 7) is 0. The van der Waals surface area contributed by atoms with Gasteiger partial charge in [0.1, 0.15) is 29.5 Å². The molecule has 0 spiro atoms. The standard InChI is InChI=1S/C14H18N4O2/c1-18(2)14-8-13(15-9-16-14)17-10-5-11(19-3)7-12(6-10)20-4/h5-9H,1-4H3,(H,15,16,17). The first kappa shape index (κ1) is 13.9. The van der Waals surface area contributed by atoms with Gasteiger partial charge in [0.25, 0.3) is 0 Å². The molecule has 2 rings (SSSR count). The molecule has 0 aliphatic rings. The van der Waals surface area contributed by atoms with Gasteiger partial charge >= 0.3 is 0 Å². The quantitative estimate of drug-likeness (QED) is 0.902. The Morgan fingerprint density at radius 3 is 2.15 bits per heavy atom. The van der Waals surface area contributed by atoms with E-state index in [-0.39, 0.29) is 0 Å². The average molecular weight is 274 g/mol. The molecule has 1 aromatic heterocycles. The van der Waals surface area contributed by atoms with E-state index in [9.17, 15) is 0 Å². The van der Waals surface area contributed by atoms with E-state index in [0.29, 0.717) is 17.3 Å². The first-order valence-corrected chi connectivity index (χ1v) is 6.12. The average Bonchev–Trinajstić information content (AvgIpc) is 2.47. The third-order valence-electron chi connectivity index (χ3n) is 2.73. The molecule has 6 heteroatoms. The van der Waals surface area contributed by atoms with Crippen molar-refractivity contribution in [3.8, 4) is 11.5 Å². The predicted molar refractivity (Wildman–Crippen MR) is 79.2 cm³/mol. The van der Waals surface area contributed by atoms with Crippen LogP contribution in [0.3, 0.4) is 0 Å². The van der Waals surface area contributed by atoms with E-state index in [0.717, 1.165) is 11.5 Å². The minimum Gasteiger partial charge on any atom is -0.497 e. The van der Waals surface area contributed by atoms with Crippen molar-refractivity contribution in [2.75, 3.05) is 38.5 Å². The zero-order valence-electron chi connectivity index (χ0n) is 12.0. The van der Waals surface area contributed by atoms with Crippen molar-refractivity contribution in [1.82, 2.24) is 9.97 Å². The van der Waals surface area contributed by atoms with Gasteiger partial charge in [-0.05, 0) is 0 Å². The van der Waals surface area contributed by atoms with Crippen LogP contribution in [-0.4, -0.2) is 38.3 Å². The molecule has 0 atom stereocenters. The van der Waals surface area contributed by atoms with Gasteiger partial charge in [-0.25, -0.2) is 9.97 Å². The Kier molecular flexibility index (Phi) is 4.24. The van der Waals surface area contributed by atoms with E-state index < -0.39 is 0 Å². The smallest absolute Gasteiger partial charge is 0.135 e. The molecule has 0 aliphatic heterocycles. The van der Waals surface area contributed by atoms with Crippen molar-refractivity contribution in [3.05, 3.63) is 30.6 Å². The number of methoxy groups -OCH3 is 2. The molecule has 6 nitrogen and oxygen atoms in total. The van der Waals surface area contributed by atoms with Crippen LogP contribution in [0.1, 0.15) is 0 Å². The number of nitrogens with one attached hydrogen (secondary N) is 1. The van der Waals surface area contributed by atoms with Crippen molar-refractivity contribution in [2.45, 2.75) is 0 Å². The third-order valence-corrected chi connectivity index (χ3v) is 2.73. The van der Waals surface area contributed by atoms with Gasteiger partial charge in [-0.15, -0.1) is 0 Å². The van der Waals surface area contributed by atoms with Crippen LogP contribution >= 0.6 is 0 Å². The zero-order chi connectivity index (χ0) is 14.5. The molecule has 0 amide bonds. The second-order valence-corrected chi connectivity index (χ2v) is 4.38. The molecule has 106 valence electrons. The fourth-order valence-electron chi connectivity index (χ4n) is 1.69. The lowest BCUT2D eigenvalue weighted by Gasteiger charge is -2.13. The summed E-state index contributed by atoms with van der Waals surface area (Å²) >= 11 is 0. The first-order valence-electron chi connectivity index (χ1n) is 6.12. The van der Waals surface area contributed by atoms with Gasteiger partial charge < -0.3 is 19.7 Å². The molecule has 0 unspecified atom stereocenters. The van der Waals surface area contributed by atoms with Gasteiger partial charge in [0.05, 0.1) is 14.2 Å². The topological polar surface area (TPSA) is 59.5 Å². The van der Waals surface area contributed by atoms with E-state index in [1.54, 1.807) is 14.2 Å². The number of nitrogens with zero attached hydrogens (tertiary/aromatic N) is 3. The molecule has 0 saturated carbocycles. The van der Waals surface area contributed by atoms with E-state index in [1.807, 2.05) is 43.3 Å². The number of rotatable bonds is 5. The van der Waals surface area contributed by atoms with Crippen LogP contribution in [0.15, 0.2) is 30.6 Å². The minimum absolute atomic E-state index is 0.707. The van der Waals surface area contributed by atoms with Gasteiger partial charge in [-0.1, -0.05) is 0 Å². The van der Waals surface area contributed by atoms with Crippen LogP contribution in [0.25, 0.3) is 0 Å². The van der Waals surface area contributed by atoms with Crippen LogP contribution in [0.2, 0.25) is 0 Å². The van der Waals surface area contributed by atoms with Crippen LogP contribution in [0.4, 0.5) is 17.3 Å². The normalized spacial score (nSPS) is 10.0. The maximum Gasteiger partial charge on any atom is 0.135 e. The van der Waals surface area contributed by atoms with Crippen molar-refractivity contribution < 1.29 is 9.47 Å². The summed E-state index contributed by atoms with van der Waals surface area (Å²) in [5.41, 5.74) is 0.838. The molecule has 20 heavy (non-hydrogen) atoms. The maximum absolute atomic E-state index is 5.24. The predicted octanol–water partition coefficient (Wildman–Crippen LogP) is 2.30. The fraction of sp³-hybridized carbons (Fsp3) is 0.286. The SMILES string of the molecule is COc1cc(Nc2cc(N(C)C)ncn2)cc(OC)c1. The highest BCUT2D eigenvalue weighted by Gasteiger charge is 2.05. The molecule has 1 heterocycles. The molecule has 1 aromatic carbocycles. The summed E-state index contributed by atoms with van der Waals surface area (Å²) in [6.07, 6.45) is 1.52. The number of benzene rings is 1. The first-order chi connectivity index (χ1) is 9.62. The largest absolute Gasteiger partial charge is 0.497 e. The highest BCUT2D eigenvalue weighted by molar-refractivity contribution is 5.62. The van der Waals surface area contributed by atoms with E-state index in [1.165, 1.54) is 6.33 Å². The Hall–Kier alpha value is -2.50. The van der Waals surface area contributed by atoms with Crippen LogP contribution in [0, 0.1) is 0 Å². The van der Waals surface area contributed by atoms with Crippen LogP contribution in [-0.2, 0) is 0 Å². The Morgan fingerprint density at radius 1 is 0.950 bits per heavy atom. The van der Waals surface area contributed by atoms with Crippen molar-refractivity contribution >= 4 is 17.3 Å². The third kappa shape index (κ3) is 3.28. The molecular formula is C14H18N4O2. The Bertz CT molecular complexity index is 565. The molecule has 0 saturated heterocycles. The fourth-order valence-corrected chi connectivity index (χ4v) is 1.69. The summed E-state index contributed by atoms with van der Waals surface area (Å²) in [7, 11) is 7.10. The van der Waals surface area contributed by atoms with Crippen LogP contribution in [0.5, 0.6) is 11.5 Å². The number of aromatic nitrogens is 2. The molecule has 0 aliphatic carbocycles. The molecule has 2 aromatic rings. The Balaban J connectivity index is 2.27. The van der Waals surface area contributed by atoms with Gasteiger partial charge in [-0.3, -0.25) is 0 Å². The Morgan fingerprint density at radius 2 is 1.60 bits per heavy atom. The lowest BCUT2D eigenvalue weighted by molar-refractivity contribution is 0.395. The maximum atomic E-state index is 5.24. The lowest BCUT2D eigenvalue weighted by Crippen LogP contribution is -2.11.